The maximum Gasteiger partial charge on any atom is 0.256 e. The van der Waals surface area contributed by atoms with Crippen LogP contribution in [-0.2, 0) is 13.1 Å². The van der Waals surface area contributed by atoms with E-state index in [1.807, 2.05) is 35.8 Å². The predicted molar refractivity (Wildman–Crippen MR) is 103 cm³/mol. The van der Waals surface area contributed by atoms with Crippen molar-refractivity contribution >= 4 is 16.6 Å². The number of aryl methyl sites for hydroxylation is 3. The second kappa shape index (κ2) is 6.41. The fourth-order valence-corrected chi connectivity index (χ4v) is 3.35. The van der Waals surface area contributed by atoms with Crippen LogP contribution in [0.1, 0.15) is 23.6 Å². The van der Waals surface area contributed by atoms with Crippen molar-refractivity contribution in [1.29, 1.82) is 0 Å². The lowest BCUT2D eigenvalue weighted by Gasteiger charge is -2.14. The summed E-state index contributed by atoms with van der Waals surface area (Å²) in [4.78, 5) is 12.9. The molecular weight excluding hydrogens is 328 g/mol. The minimum absolute atomic E-state index is 0.0523. The quantitative estimate of drug-likeness (QED) is 0.773. The molecule has 1 aromatic heterocycles. The molecule has 1 aliphatic heterocycles. The topological polar surface area (TPSA) is 52.5 Å². The molecule has 0 saturated heterocycles. The summed E-state index contributed by atoms with van der Waals surface area (Å²) in [5.74, 6) is 1.48. The van der Waals surface area contributed by atoms with E-state index in [0.29, 0.717) is 13.1 Å². The van der Waals surface area contributed by atoms with Gasteiger partial charge in [-0.25, -0.2) is 0 Å². The summed E-state index contributed by atoms with van der Waals surface area (Å²) in [6.45, 7) is 7.54. The number of ether oxygens (including phenoxy) is 2. The van der Waals surface area contributed by atoms with Crippen molar-refractivity contribution in [3.05, 3.63) is 63.4 Å². The number of hydrogen-bond acceptors (Lipinski definition) is 4. The van der Waals surface area contributed by atoms with Crippen molar-refractivity contribution in [3.8, 4) is 11.5 Å². The molecule has 0 aliphatic carbocycles. The molecule has 2 heterocycles. The van der Waals surface area contributed by atoms with Gasteiger partial charge in [0, 0.05) is 30.4 Å². The monoisotopic (exact) mass is 350 g/mol. The minimum Gasteiger partial charge on any atom is -0.454 e. The van der Waals surface area contributed by atoms with E-state index in [2.05, 4.69) is 31.3 Å². The molecule has 4 rings (SSSR count). The number of nitrogens with one attached hydrogen (secondary N) is 1. The van der Waals surface area contributed by atoms with Gasteiger partial charge in [0.25, 0.3) is 5.56 Å². The van der Waals surface area contributed by atoms with Gasteiger partial charge in [-0.15, -0.1) is 0 Å². The fraction of sp³-hybridized carbons (Fsp3) is 0.286. The first-order chi connectivity index (χ1) is 12.6. The highest BCUT2D eigenvalue weighted by Crippen LogP contribution is 2.34. The molecular formula is C21H22N2O3. The van der Waals surface area contributed by atoms with Crippen LogP contribution in [0.4, 0.5) is 5.69 Å². The van der Waals surface area contributed by atoms with Gasteiger partial charge in [-0.2, -0.15) is 0 Å². The van der Waals surface area contributed by atoms with Crippen LogP contribution in [-0.4, -0.2) is 11.4 Å². The van der Waals surface area contributed by atoms with Crippen molar-refractivity contribution in [3.63, 3.8) is 0 Å². The van der Waals surface area contributed by atoms with E-state index in [0.717, 1.165) is 33.7 Å². The van der Waals surface area contributed by atoms with Crippen LogP contribution in [0.2, 0.25) is 0 Å². The summed E-state index contributed by atoms with van der Waals surface area (Å²) >= 11 is 0. The maximum atomic E-state index is 12.9. The molecule has 26 heavy (non-hydrogen) atoms. The summed E-state index contributed by atoms with van der Waals surface area (Å²) in [5, 5.41) is 4.42. The molecule has 0 fully saturated rings. The van der Waals surface area contributed by atoms with Gasteiger partial charge >= 0.3 is 0 Å². The van der Waals surface area contributed by atoms with Crippen LogP contribution >= 0.6 is 0 Å². The van der Waals surface area contributed by atoms with Crippen molar-refractivity contribution in [2.45, 2.75) is 33.9 Å². The SMILES string of the molecule is CCn1c(=O)c(CNc2ccc3c(c2)OCO3)cc2cc(C)c(C)cc21. The maximum absolute atomic E-state index is 12.9. The Bertz CT molecular complexity index is 1050. The number of aromatic nitrogens is 1. The Labute approximate surface area is 152 Å². The van der Waals surface area contributed by atoms with Crippen LogP contribution in [0.15, 0.2) is 41.2 Å². The normalized spacial score (nSPS) is 12.6. The minimum atomic E-state index is 0.0523. The number of nitrogens with zero attached hydrogens (tertiary/aromatic N) is 1. The first kappa shape index (κ1) is 16.5. The highest BCUT2D eigenvalue weighted by atomic mass is 16.7. The number of fused-ring (bicyclic) bond motifs is 2. The average molecular weight is 350 g/mol. The number of anilines is 1. The molecule has 5 heteroatoms. The second-order valence-corrected chi connectivity index (χ2v) is 6.64. The second-order valence-electron chi connectivity index (χ2n) is 6.64. The van der Waals surface area contributed by atoms with Crippen LogP contribution in [0, 0.1) is 13.8 Å². The zero-order chi connectivity index (χ0) is 18.3. The Kier molecular flexibility index (Phi) is 4.07. The van der Waals surface area contributed by atoms with E-state index in [-0.39, 0.29) is 12.4 Å². The highest BCUT2D eigenvalue weighted by molar-refractivity contribution is 5.81. The fourth-order valence-electron chi connectivity index (χ4n) is 3.35. The Balaban J connectivity index is 1.69. The van der Waals surface area contributed by atoms with Crippen LogP contribution in [0.3, 0.4) is 0 Å². The summed E-state index contributed by atoms with van der Waals surface area (Å²) in [7, 11) is 0. The van der Waals surface area contributed by atoms with Gasteiger partial charge in [-0.05, 0) is 67.6 Å². The van der Waals surface area contributed by atoms with Crippen molar-refractivity contribution in [2.24, 2.45) is 0 Å². The van der Waals surface area contributed by atoms with Gasteiger partial charge in [-0.1, -0.05) is 0 Å². The zero-order valence-electron chi connectivity index (χ0n) is 15.3. The van der Waals surface area contributed by atoms with Gasteiger partial charge in [0.2, 0.25) is 6.79 Å². The molecule has 2 aromatic carbocycles. The van der Waals surface area contributed by atoms with E-state index in [1.165, 1.54) is 11.1 Å². The highest BCUT2D eigenvalue weighted by Gasteiger charge is 2.14. The third-order valence-corrected chi connectivity index (χ3v) is 4.96. The lowest BCUT2D eigenvalue weighted by molar-refractivity contribution is 0.174. The first-order valence-electron chi connectivity index (χ1n) is 8.84. The number of pyridine rings is 1. The van der Waals surface area contributed by atoms with E-state index in [4.69, 9.17) is 9.47 Å². The lowest BCUT2D eigenvalue weighted by atomic mass is 10.0. The molecule has 0 spiro atoms. The average Bonchev–Trinajstić information content (AvgIpc) is 3.09. The third kappa shape index (κ3) is 2.79. The van der Waals surface area contributed by atoms with Gasteiger partial charge in [0.1, 0.15) is 0 Å². The van der Waals surface area contributed by atoms with Crippen molar-refractivity contribution in [2.75, 3.05) is 12.1 Å². The summed E-state index contributed by atoms with van der Waals surface area (Å²) < 4.78 is 12.6. The van der Waals surface area contributed by atoms with Crippen LogP contribution in [0.25, 0.3) is 10.9 Å². The molecule has 134 valence electrons. The summed E-state index contributed by atoms with van der Waals surface area (Å²) in [6.07, 6.45) is 0. The van der Waals surface area contributed by atoms with Gasteiger partial charge in [0.05, 0.1) is 5.52 Å². The molecule has 0 radical (unpaired) electrons. The van der Waals surface area contributed by atoms with Gasteiger partial charge in [0.15, 0.2) is 11.5 Å². The summed E-state index contributed by atoms with van der Waals surface area (Å²) in [6, 6.07) is 12.0. The Morgan fingerprint density at radius 2 is 1.81 bits per heavy atom. The van der Waals surface area contributed by atoms with E-state index in [9.17, 15) is 4.79 Å². The smallest absolute Gasteiger partial charge is 0.256 e. The number of benzene rings is 2. The predicted octanol–water partition coefficient (Wildman–Crippen LogP) is 3.98. The van der Waals surface area contributed by atoms with E-state index in [1.54, 1.807) is 0 Å². The van der Waals surface area contributed by atoms with E-state index >= 15 is 0 Å². The van der Waals surface area contributed by atoms with Crippen molar-refractivity contribution < 1.29 is 9.47 Å². The lowest BCUT2D eigenvalue weighted by Crippen LogP contribution is -2.25. The van der Waals surface area contributed by atoms with Gasteiger partial charge < -0.3 is 19.4 Å². The molecule has 1 aliphatic rings. The zero-order valence-corrected chi connectivity index (χ0v) is 15.3. The van der Waals surface area contributed by atoms with Crippen LogP contribution in [0.5, 0.6) is 11.5 Å². The molecule has 0 atom stereocenters. The summed E-state index contributed by atoms with van der Waals surface area (Å²) in [5.41, 5.74) is 5.12. The van der Waals surface area contributed by atoms with Gasteiger partial charge in [-0.3, -0.25) is 4.79 Å². The largest absolute Gasteiger partial charge is 0.454 e. The Hall–Kier alpha value is -2.95. The molecule has 3 aromatic rings. The molecule has 0 bridgehead atoms. The van der Waals surface area contributed by atoms with Crippen LogP contribution < -0.4 is 20.3 Å². The molecule has 0 amide bonds. The molecule has 0 unspecified atom stereocenters. The van der Waals surface area contributed by atoms with E-state index < -0.39 is 0 Å². The first-order valence-corrected chi connectivity index (χ1v) is 8.84. The number of hydrogen-bond donors (Lipinski definition) is 1. The standard InChI is InChI=1S/C21H22N2O3/c1-4-23-18-8-14(3)13(2)7-15(18)9-16(21(23)24)11-22-17-5-6-19-20(10-17)26-12-25-19/h5-10,22H,4,11-12H2,1-3H3. The molecule has 5 nitrogen and oxygen atoms in total. The number of rotatable bonds is 4. The molecule has 1 N–H and O–H groups in total. The Morgan fingerprint density at radius 1 is 1.04 bits per heavy atom. The van der Waals surface area contributed by atoms with Crippen molar-refractivity contribution in [1.82, 2.24) is 4.57 Å². The molecule has 0 saturated carbocycles. The third-order valence-electron chi connectivity index (χ3n) is 4.96. The Morgan fingerprint density at radius 3 is 2.62 bits per heavy atom.